The Hall–Kier alpha value is -5.80. The highest BCUT2D eigenvalue weighted by molar-refractivity contribution is 6.05. The second-order valence-corrected chi connectivity index (χ2v) is 16.0. The number of nitrogens with zero attached hydrogens (tertiary/aromatic N) is 5. The summed E-state index contributed by atoms with van der Waals surface area (Å²) in [6.07, 6.45) is 15.4. The number of rotatable bonds is 14. The summed E-state index contributed by atoms with van der Waals surface area (Å²) in [4.78, 5) is 74.8. The number of fused-ring (bicyclic) bond motifs is 1. The zero-order chi connectivity index (χ0) is 41.0. The van der Waals surface area contributed by atoms with Crippen molar-refractivity contribution >= 4 is 41.3 Å². The van der Waals surface area contributed by atoms with Crippen molar-refractivity contribution in [2.45, 2.75) is 76.8 Å². The molecule has 0 radical (unpaired) electrons. The lowest BCUT2D eigenvalue weighted by atomic mass is 9.91. The number of imide groups is 1. The standard InChI is InChI=1S/C47H55N7O5/c55-43(19-12-37-10-7-23-48-33-37)49-24-5-4-8-35-21-26-53(27-22-35)46(58)38-13-15-40(16-14-38)52-30-28-51(29-31-52)25-6-2-1-3-9-36-11-17-41-39(32-36)34-54(47(41)59)42-18-20-44(56)50-45(42)57/h7,10-17,19,23,32-33,35,42H,1-2,4-6,8,18,20-22,24-31,34H2,(H,49,55)(H,50,56,57)/b19-12+. The molecular formula is C47H55N7O5. The molecule has 3 aromatic rings. The van der Waals surface area contributed by atoms with Crippen LogP contribution in [0.15, 0.2) is 73.1 Å². The number of hydrogen-bond donors (Lipinski definition) is 2. The number of unbranched alkanes of at least 4 members (excludes halogenated alkanes) is 3. The van der Waals surface area contributed by atoms with Gasteiger partial charge in [-0.1, -0.05) is 30.7 Å². The van der Waals surface area contributed by atoms with E-state index in [1.807, 2.05) is 41.3 Å². The van der Waals surface area contributed by atoms with Gasteiger partial charge in [-0.2, -0.15) is 0 Å². The fourth-order valence-electron chi connectivity index (χ4n) is 8.49. The van der Waals surface area contributed by atoms with Gasteiger partial charge >= 0.3 is 0 Å². The average Bonchev–Trinajstić information content (AvgIpc) is 3.59. The lowest BCUT2D eigenvalue weighted by Crippen LogP contribution is -2.52. The Morgan fingerprint density at radius 1 is 0.898 bits per heavy atom. The second-order valence-electron chi connectivity index (χ2n) is 16.0. The smallest absolute Gasteiger partial charge is 0.255 e. The van der Waals surface area contributed by atoms with Crippen molar-refractivity contribution in [3.05, 3.63) is 101 Å². The van der Waals surface area contributed by atoms with E-state index in [1.165, 1.54) is 0 Å². The number of carbonyl (C=O) groups is 5. The molecule has 7 rings (SSSR count). The maximum atomic E-state index is 13.3. The van der Waals surface area contributed by atoms with Crippen LogP contribution in [0.25, 0.3) is 6.08 Å². The molecule has 4 aliphatic rings. The minimum atomic E-state index is -0.612. The van der Waals surface area contributed by atoms with Gasteiger partial charge in [0, 0.05) is 106 Å². The third-order valence-electron chi connectivity index (χ3n) is 12.0. The normalized spacial score (nSPS) is 18.7. The number of pyridine rings is 1. The summed E-state index contributed by atoms with van der Waals surface area (Å²) in [6.45, 7) is 7.57. The largest absolute Gasteiger partial charge is 0.369 e. The van der Waals surface area contributed by atoms with Gasteiger partial charge in [-0.3, -0.25) is 39.2 Å². The fraction of sp³-hybridized carbons (Fsp3) is 0.447. The van der Waals surface area contributed by atoms with Gasteiger partial charge in [-0.15, -0.1) is 0 Å². The number of piperazine rings is 1. The Kier molecular flexibility index (Phi) is 14.2. The monoisotopic (exact) mass is 797 g/mol. The van der Waals surface area contributed by atoms with Crippen LogP contribution in [0.5, 0.6) is 0 Å². The van der Waals surface area contributed by atoms with E-state index in [0.29, 0.717) is 31.0 Å². The molecule has 1 atom stereocenters. The van der Waals surface area contributed by atoms with Crippen LogP contribution in [0.1, 0.15) is 102 Å². The molecule has 0 saturated carbocycles. The van der Waals surface area contributed by atoms with Crippen LogP contribution < -0.4 is 15.5 Å². The predicted octanol–water partition coefficient (Wildman–Crippen LogP) is 5.04. The fourth-order valence-corrected chi connectivity index (χ4v) is 8.49. The third-order valence-corrected chi connectivity index (χ3v) is 12.0. The van der Waals surface area contributed by atoms with Crippen LogP contribution in [-0.2, 0) is 20.9 Å². The molecule has 12 nitrogen and oxygen atoms in total. The average molecular weight is 798 g/mol. The molecule has 308 valence electrons. The summed E-state index contributed by atoms with van der Waals surface area (Å²) in [5.41, 5.74) is 5.16. The molecular weight excluding hydrogens is 743 g/mol. The topological polar surface area (TPSA) is 135 Å². The molecule has 5 heterocycles. The van der Waals surface area contributed by atoms with Crippen LogP contribution in [-0.4, -0.2) is 108 Å². The van der Waals surface area contributed by atoms with Gasteiger partial charge in [0.25, 0.3) is 11.8 Å². The molecule has 0 spiro atoms. The zero-order valence-corrected chi connectivity index (χ0v) is 33.9. The third kappa shape index (κ3) is 11.2. The van der Waals surface area contributed by atoms with Gasteiger partial charge in [0.1, 0.15) is 6.04 Å². The number of anilines is 1. The minimum Gasteiger partial charge on any atom is -0.369 e. The molecule has 4 aliphatic heterocycles. The van der Waals surface area contributed by atoms with Crippen molar-refractivity contribution in [2.24, 2.45) is 5.92 Å². The highest BCUT2D eigenvalue weighted by Gasteiger charge is 2.39. The SMILES string of the molecule is O=C(/C=C/c1cccnc1)NCCCCC1CCN(C(=O)c2ccc(N3CCN(CCCCC#Cc4ccc5c(c4)CN(C4CCC(=O)NC4=O)C5=O)CC3)cc2)CC1. The van der Waals surface area contributed by atoms with E-state index >= 15 is 0 Å². The van der Waals surface area contributed by atoms with Crippen molar-refractivity contribution in [1.29, 1.82) is 0 Å². The summed E-state index contributed by atoms with van der Waals surface area (Å²) in [5.74, 6) is 6.34. The number of amides is 5. The molecule has 2 N–H and O–H groups in total. The lowest BCUT2D eigenvalue weighted by Gasteiger charge is -2.36. The number of carbonyl (C=O) groups excluding carboxylic acids is 5. The molecule has 1 unspecified atom stereocenters. The Morgan fingerprint density at radius 3 is 2.47 bits per heavy atom. The van der Waals surface area contributed by atoms with Crippen molar-refractivity contribution < 1.29 is 24.0 Å². The van der Waals surface area contributed by atoms with Gasteiger partial charge in [0.05, 0.1) is 0 Å². The predicted molar refractivity (Wildman–Crippen MR) is 227 cm³/mol. The van der Waals surface area contributed by atoms with E-state index in [9.17, 15) is 24.0 Å². The summed E-state index contributed by atoms with van der Waals surface area (Å²) in [7, 11) is 0. The number of hydrogen-bond acceptors (Lipinski definition) is 8. The first-order valence-corrected chi connectivity index (χ1v) is 21.3. The summed E-state index contributed by atoms with van der Waals surface area (Å²) in [5, 5.41) is 5.31. The van der Waals surface area contributed by atoms with Crippen molar-refractivity contribution in [1.82, 2.24) is 30.3 Å². The van der Waals surface area contributed by atoms with E-state index in [4.69, 9.17) is 0 Å². The van der Waals surface area contributed by atoms with Crippen molar-refractivity contribution in [3.8, 4) is 11.8 Å². The van der Waals surface area contributed by atoms with Crippen LogP contribution in [0.4, 0.5) is 5.69 Å². The van der Waals surface area contributed by atoms with E-state index in [1.54, 1.807) is 35.5 Å². The molecule has 59 heavy (non-hydrogen) atoms. The van der Waals surface area contributed by atoms with E-state index in [2.05, 4.69) is 49.4 Å². The first kappa shape index (κ1) is 41.4. The zero-order valence-electron chi connectivity index (χ0n) is 33.9. The van der Waals surface area contributed by atoms with Crippen LogP contribution >= 0.6 is 0 Å². The Bertz CT molecular complexity index is 2060. The first-order chi connectivity index (χ1) is 28.8. The van der Waals surface area contributed by atoms with E-state index in [-0.39, 0.29) is 30.0 Å². The van der Waals surface area contributed by atoms with Crippen LogP contribution in [0, 0.1) is 17.8 Å². The lowest BCUT2D eigenvalue weighted by molar-refractivity contribution is -0.137. The summed E-state index contributed by atoms with van der Waals surface area (Å²) < 4.78 is 0. The Labute approximate surface area is 347 Å². The van der Waals surface area contributed by atoms with Gasteiger partial charge < -0.3 is 20.0 Å². The highest BCUT2D eigenvalue weighted by Crippen LogP contribution is 2.29. The molecule has 0 aliphatic carbocycles. The maximum absolute atomic E-state index is 13.3. The van der Waals surface area contributed by atoms with E-state index < -0.39 is 11.9 Å². The van der Waals surface area contributed by atoms with Gasteiger partial charge in [-0.05, 0) is 117 Å². The maximum Gasteiger partial charge on any atom is 0.255 e. The van der Waals surface area contributed by atoms with Crippen LogP contribution in [0.2, 0.25) is 0 Å². The number of nitrogens with one attached hydrogen (secondary N) is 2. The molecule has 2 aromatic carbocycles. The summed E-state index contributed by atoms with van der Waals surface area (Å²) in [6, 6.07) is 16.9. The van der Waals surface area contributed by atoms with Gasteiger partial charge in [0.2, 0.25) is 17.7 Å². The molecule has 1 aromatic heterocycles. The minimum absolute atomic E-state index is 0.0843. The molecule has 5 amide bonds. The molecule has 3 saturated heterocycles. The first-order valence-electron chi connectivity index (χ1n) is 21.3. The number of piperidine rings is 2. The molecule has 12 heteroatoms. The van der Waals surface area contributed by atoms with Crippen molar-refractivity contribution in [2.75, 3.05) is 57.3 Å². The van der Waals surface area contributed by atoms with E-state index in [0.717, 1.165) is 125 Å². The Balaban J connectivity index is 0.742. The molecule has 0 bridgehead atoms. The summed E-state index contributed by atoms with van der Waals surface area (Å²) >= 11 is 0. The number of benzene rings is 2. The van der Waals surface area contributed by atoms with Crippen LogP contribution in [0.3, 0.4) is 0 Å². The Morgan fingerprint density at radius 2 is 1.71 bits per heavy atom. The highest BCUT2D eigenvalue weighted by atomic mass is 16.2. The van der Waals surface area contributed by atoms with Crippen molar-refractivity contribution in [3.63, 3.8) is 0 Å². The quantitative estimate of drug-likeness (QED) is 0.100. The second kappa shape index (κ2) is 20.3. The van der Waals surface area contributed by atoms with Gasteiger partial charge in [-0.25, -0.2) is 0 Å². The van der Waals surface area contributed by atoms with Gasteiger partial charge in [0.15, 0.2) is 0 Å². The molecule has 3 fully saturated rings. The number of aromatic nitrogens is 1. The number of likely N-dealkylation sites (tertiary alicyclic amines) is 1.